The fraction of sp³-hybridized carbons (Fsp3) is 0.343. The monoisotopic (exact) mass is 626 g/mol. The van der Waals surface area contributed by atoms with E-state index in [9.17, 15) is 14.7 Å². The Morgan fingerprint density at radius 3 is 2.18 bits per heavy atom. The highest BCUT2D eigenvalue weighted by molar-refractivity contribution is 7.16. The van der Waals surface area contributed by atoms with Gasteiger partial charge < -0.3 is 19.9 Å². The molecule has 3 heterocycles. The third-order valence-electron chi connectivity index (χ3n) is 9.05. The molecule has 0 amide bonds. The summed E-state index contributed by atoms with van der Waals surface area (Å²) < 4.78 is 13.6. The lowest BCUT2D eigenvalue weighted by Crippen LogP contribution is -2.39. The molecule has 1 saturated heterocycles. The van der Waals surface area contributed by atoms with Gasteiger partial charge in [0.1, 0.15) is 22.2 Å². The lowest BCUT2D eigenvalue weighted by atomic mass is 9.77. The zero-order valence-electron chi connectivity index (χ0n) is 25.8. The van der Waals surface area contributed by atoms with E-state index in [4.69, 9.17) is 14.5 Å². The largest absolute Gasteiger partial charge is 0.497 e. The summed E-state index contributed by atoms with van der Waals surface area (Å²) in [7, 11) is 1.63. The topological polar surface area (TPSA) is 118 Å². The van der Waals surface area contributed by atoms with E-state index in [1.807, 2.05) is 84.9 Å². The van der Waals surface area contributed by atoms with Crippen molar-refractivity contribution in [1.82, 2.24) is 14.5 Å². The molecule has 10 heteroatoms. The number of H-pyrrole nitrogens is 1. The highest BCUT2D eigenvalue weighted by Gasteiger charge is 2.43. The van der Waals surface area contributed by atoms with Crippen LogP contribution in [0.1, 0.15) is 56.5 Å². The van der Waals surface area contributed by atoms with Gasteiger partial charge >= 0.3 is 4.87 Å². The smallest absolute Gasteiger partial charge is 0.311 e. The average molecular weight is 627 g/mol. The molecule has 0 aliphatic carbocycles. The number of nitrogens with one attached hydrogen (secondary N) is 2. The molecule has 0 unspecified atom stereocenters. The predicted octanol–water partition coefficient (Wildman–Crippen LogP) is 5.89. The van der Waals surface area contributed by atoms with Gasteiger partial charge in [-0.1, -0.05) is 104 Å². The summed E-state index contributed by atoms with van der Waals surface area (Å²) in [5.41, 5.74) is 1.51. The number of aliphatic hydroxyl groups is 1. The first-order valence-corrected chi connectivity index (χ1v) is 16.1. The van der Waals surface area contributed by atoms with Crippen LogP contribution in [0.4, 0.5) is 5.95 Å². The molecule has 234 valence electrons. The number of methoxy groups -OCH3 is 1. The van der Waals surface area contributed by atoms with Crippen molar-refractivity contribution in [2.24, 2.45) is 11.8 Å². The quantitative estimate of drug-likeness (QED) is 0.166. The SMILES string of the molecule is CC[C@H](C)[C@@H]1C[C@@H]([C@H](C)O)[C@H](n2c(=O)sc3c(=O)[nH]c(NC(c4ccccc4)(c4ccccc4)c4ccc(OC)cc4)nc32)O1. The van der Waals surface area contributed by atoms with Crippen molar-refractivity contribution in [2.45, 2.75) is 57.6 Å². The molecule has 0 radical (unpaired) electrons. The normalized spacial score (nSPS) is 19.8. The summed E-state index contributed by atoms with van der Waals surface area (Å²) in [6.07, 6.45) is -0.0779. The van der Waals surface area contributed by atoms with Crippen LogP contribution in [0, 0.1) is 11.8 Å². The lowest BCUT2D eigenvalue weighted by Gasteiger charge is -2.37. The number of anilines is 1. The number of benzene rings is 3. The van der Waals surface area contributed by atoms with E-state index in [0.717, 1.165) is 34.4 Å². The standard InChI is InChI=1S/C35H38N4O5S/c1-5-21(2)28-20-27(22(3)40)32(44-28)39-30-29(45-34(39)42)31(41)37-33(36-30)38-35(23-12-8-6-9-13-23,24-14-10-7-11-15-24)25-16-18-26(43-4)19-17-25/h6-19,21-22,27-28,32,40H,5,20H2,1-4H3,(H2,36,37,38,41)/t21-,22-,27-,28-,32+/m0/s1. The third-order valence-corrected chi connectivity index (χ3v) is 10.00. The first-order valence-electron chi connectivity index (χ1n) is 15.3. The number of aromatic amines is 1. The molecule has 0 spiro atoms. The van der Waals surface area contributed by atoms with Gasteiger partial charge in [0.15, 0.2) is 5.65 Å². The summed E-state index contributed by atoms with van der Waals surface area (Å²) in [6, 6.07) is 27.6. The molecule has 0 saturated carbocycles. The second-order valence-electron chi connectivity index (χ2n) is 11.7. The maximum absolute atomic E-state index is 13.6. The van der Waals surface area contributed by atoms with Crippen LogP contribution in [0.5, 0.6) is 5.75 Å². The van der Waals surface area contributed by atoms with E-state index in [1.165, 1.54) is 4.57 Å². The number of fused-ring (bicyclic) bond motifs is 1. The van der Waals surface area contributed by atoms with Gasteiger partial charge in [-0.2, -0.15) is 4.98 Å². The zero-order valence-corrected chi connectivity index (χ0v) is 26.6. The Morgan fingerprint density at radius 1 is 1.02 bits per heavy atom. The molecule has 0 bridgehead atoms. The number of nitrogens with zero attached hydrogens (tertiary/aromatic N) is 2. The molecule has 45 heavy (non-hydrogen) atoms. The van der Waals surface area contributed by atoms with Gasteiger partial charge in [0.2, 0.25) is 5.95 Å². The van der Waals surface area contributed by atoms with Gasteiger partial charge in [0.25, 0.3) is 5.56 Å². The van der Waals surface area contributed by atoms with Gasteiger partial charge in [0.05, 0.1) is 19.3 Å². The first-order chi connectivity index (χ1) is 21.8. The number of aliphatic hydroxyl groups excluding tert-OH is 1. The highest BCUT2D eigenvalue weighted by atomic mass is 32.1. The number of rotatable bonds is 10. The van der Waals surface area contributed by atoms with Gasteiger partial charge in [-0.3, -0.25) is 19.1 Å². The lowest BCUT2D eigenvalue weighted by molar-refractivity contribution is -0.0477. The number of thiazole rings is 1. The minimum atomic E-state index is -0.993. The fourth-order valence-electron chi connectivity index (χ4n) is 6.36. The number of hydrogen-bond acceptors (Lipinski definition) is 8. The summed E-state index contributed by atoms with van der Waals surface area (Å²) in [5, 5.41) is 14.3. The zero-order chi connectivity index (χ0) is 31.7. The van der Waals surface area contributed by atoms with E-state index in [-0.39, 0.29) is 39.1 Å². The maximum Gasteiger partial charge on any atom is 0.311 e. The first kappa shape index (κ1) is 30.8. The molecule has 9 nitrogen and oxygen atoms in total. The molecule has 2 aromatic heterocycles. The molecule has 6 rings (SSSR count). The van der Waals surface area contributed by atoms with Crippen LogP contribution in [0.3, 0.4) is 0 Å². The van der Waals surface area contributed by atoms with Gasteiger partial charge in [-0.15, -0.1) is 0 Å². The average Bonchev–Trinajstić information content (AvgIpc) is 3.65. The summed E-state index contributed by atoms with van der Waals surface area (Å²) >= 11 is 0.839. The second-order valence-corrected chi connectivity index (χ2v) is 12.7. The Bertz CT molecular complexity index is 1830. The highest BCUT2D eigenvalue weighted by Crippen LogP contribution is 2.42. The van der Waals surface area contributed by atoms with Crippen LogP contribution in [-0.2, 0) is 10.3 Å². The van der Waals surface area contributed by atoms with Gasteiger partial charge in [-0.05, 0) is 48.1 Å². The summed E-state index contributed by atoms with van der Waals surface area (Å²) in [6.45, 7) is 5.92. The molecule has 5 atom stereocenters. The van der Waals surface area contributed by atoms with Crippen molar-refractivity contribution in [1.29, 1.82) is 0 Å². The third kappa shape index (κ3) is 5.58. The minimum absolute atomic E-state index is 0.125. The summed E-state index contributed by atoms with van der Waals surface area (Å²) in [5.74, 6) is 0.813. The molecule has 1 fully saturated rings. The van der Waals surface area contributed by atoms with Crippen molar-refractivity contribution in [3.63, 3.8) is 0 Å². The van der Waals surface area contributed by atoms with Crippen LogP contribution >= 0.6 is 11.3 Å². The van der Waals surface area contributed by atoms with Crippen LogP contribution in [0.25, 0.3) is 10.3 Å². The van der Waals surface area contributed by atoms with E-state index < -0.39 is 23.4 Å². The van der Waals surface area contributed by atoms with E-state index in [1.54, 1.807) is 14.0 Å². The van der Waals surface area contributed by atoms with Crippen LogP contribution in [0.2, 0.25) is 0 Å². The van der Waals surface area contributed by atoms with Crippen molar-refractivity contribution in [3.8, 4) is 5.75 Å². The van der Waals surface area contributed by atoms with E-state index in [2.05, 4.69) is 24.1 Å². The molecular weight excluding hydrogens is 588 g/mol. The Labute approximate surface area is 265 Å². The molecular formula is C35H38N4O5S. The Balaban J connectivity index is 1.55. The van der Waals surface area contributed by atoms with E-state index in [0.29, 0.717) is 12.2 Å². The van der Waals surface area contributed by atoms with E-state index >= 15 is 0 Å². The Hall–Kier alpha value is -4.25. The maximum atomic E-state index is 13.6. The van der Waals surface area contributed by atoms with Crippen LogP contribution in [-0.4, -0.2) is 39.0 Å². The van der Waals surface area contributed by atoms with Crippen LogP contribution < -0.4 is 20.5 Å². The molecule has 1 aliphatic heterocycles. The number of hydrogen-bond donors (Lipinski definition) is 3. The van der Waals surface area contributed by atoms with Crippen molar-refractivity contribution in [3.05, 3.63) is 122 Å². The molecule has 1 aliphatic rings. The summed E-state index contributed by atoms with van der Waals surface area (Å²) in [4.78, 5) is 34.6. The Morgan fingerprint density at radius 2 is 1.62 bits per heavy atom. The number of aromatic nitrogens is 3. The molecule has 5 aromatic rings. The second kappa shape index (κ2) is 12.6. The number of ether oxygens (including phenoxy) is 2. The predicted molar refractivity (Wildman–Crippen MR) is 177 cm³/mol. The van der Waals surface area contributed by atoms with Gasteiger partial charge in [0, 0.05) is 5.92 Å². The van der Waals surface area contributed by atoms with Crippen molar-refractivity contribution >= 4 is 27.6 Å². The van der Waals surface area contributed by atoms with Crippen molar-refractivity contribution < 1.29 is 14.6 Å². The van der Waals surface area contributed by atoms with Gasteiger partial charge in [-0.25, -0.2) is 0 Å². The molecule has 3 aromatic carbocycles. The fourth-order valence-corrected chi connectivity index (χ4v) is 7.20. The Kier molecular flexibility index (Phi) is 8.63. The van der Waals surface area contributed by atoms with Crippen molar-refractivity contribution in [2.75, 3.05) is 12.4 Å². The molecule has 3 N–H and O–H groups in total. The van der Waals surface area contributed by atoms with Crippen LogP contribution in [0.15, 0.2) is 94.5 Å². The minimum Gasteiger partial charge on any atom is -0.497 e.